The summed E-state index contributed by atoms with van der Waals surface area (Å²) in [6, 6.07) is 0.468. The van der Waals surface area contributed by atoms with E-state index in [1.807, 2.05) is 0 Å². The molecule has 110 valence electrons. The number of carboxylic acids is 1. The molecule has 7 nitrogen and oxygen atoms in total. The van der Waals surface area contributed by atoms with Crippen molar-refractivity contribution in [2.75, 3.05) is 6.54 Å². The van der Waals surface area contributed by atoms with Crippen molar-refractivity contribution in [1.82, 2.24) is 4.31 Å². The molecule has 2 rings (SSSR count). The Kier molecular flexibility index (Phi) is 3.85. The molecule has 1 saturated heterocycles. The largest absolute Gasteiger partial charge is 0.477 e. The van der Waals surface area contributed by atoms with Crippen LogP contribution in [0.3, 0.4) is 0 Å². The lowest BCUT2D eigenvalue weighted by Gasteiger charge is -2.20. The maximum atomic E-state index is 12.5. The fraction of sp³-hybridized carbons (Fsp3) is 0.455. The third-order valence-corrected chi connectivity index (χ3v) is 6.77. The number of aromatic carboxylic acids is 1. The van der Waals surface area contributed by atoms with Crippen molar-refractivity contribution in [3.63, 3.8) is 0 Å². The van der Waals surface area contributed by atoms with Gasteiger partial charge in [-0.05, 0) is 31.4 Å². The predicted octanol–water partition coefficient (Wildman–Crippen LogP) is 0.393. The first-order valence-corrected chi connectivity index (χ1v) is 8.15. The average molecular weight is 318 g/mol. The van der Waals surface area contributed by atoms with E-state index in [-0.39, 0.29) is 15.6 Å². The van der Waals surface area contributed by atoms with Crippen molar-refractivity contribution in [3.8, 4) is 0 Å². The third-order valence-electron chi connectivity index (χ3n) is 3.18. The molecule has 1 amide bonds. The Balaban J connectivity index is 2.43. The van der Waals surface area contributed by atoms with Gasteiger partial charge < -0.3 is 10.8 Å². The van der Waals surface area contributed by atoms with Crippen LogP contribution in [-0.4, -0.2) is 42.3 Å². The van der Waals surface area contributed by atoms with Gasteiger partial charge in [0.2, 0.25) is 5.91 Å². The molecule has 0 aliphatic carbocycles. The Morgan fingerprint density at radius 3 is 2.65 bits per heavy atom. The van der Waals surface area contributed by atoms with E-state index in [1.54, 1.807) is 0 Å². The number of hydrogen-bond acceptors (Lipinski definition) is 5. The number of nitrogens with zero attached hydrogens (tertiary/aromatic N) is 1. The van der Waals surface area contributed by atoms with Crippen LogP contribution in [0.1, 0.15) is 28.1 Å². The van der Waals surface area contributed by atoms with Gasteiger partial charge in [-0.25, -0.2) is 13.2 Å². The lowest BCUT2D eigenvalue weighted by molar-refractivity contribution is -0.121. The van der Waals surface area contributed by atoms with Gasteiger partial charge in [0.25, 0.3) is 10.0 Å². The van der Waals surface area contributed by atoms with Crippen LogP contribution in [0, 0.1) is 6.92 Å². The Morgan fingerprint density at radius 1 is 1.50 bits per heavy atom. The van der Waals surface area contributed by atoms with Crippen LogP contribution >= 0.6 is 11.3 Å². The molecule has 1 fully saturated rings. The van der Waals surface area contributed by atoms with Gasteiger partial charge >= 0.3 is 5.97 Å². The average Bonchev–Trinajstić information content (AvgIpc) is 2.94. The highest BCUT2D eigenvalue weighted by Crippen LogP contribution is 2.32. The third kappa shape index (κ3) is 2.43. The summed E-state index contributed by atoms with van der Waals surface area (Å²) in [5.41, 5.74) is 5.60. The van der Waals surface area contributed by atoms with Gasteiger partial charge in [0.15, 0.2) is 0 Å². The number of hydrogen-bond donors (Lipinski definition) is 2. The molecule has 20 heavy (non-hydrogen) atoms. The van der Waals surface area contributed by atoms with Crippen molar-refractivity contribution in [2.45, 2.75) is 30.0 Å². The number of aryl methyl sites for hydroxylation is 1. The maximum absolute atomic E-state index is 12.5. The van der Waals surface area contributed by atoms with Crippen LogP contribution < -0.4 is 5.73 Å². The quantitative estimate of drug-likeness (QED) is 0.832. The first-order chi connectivity index (χ1) is 9.25. The van der Waals surface area contributed by atoms with Crippen LogP contribution in [0.15, 0.2) is 10.3 Å². The highest BCUT2D eigenvalue weighted by atomic mass is 32.2. The highest BCUT2D eigenvalue weighted by Gasteiger charge is 2.39. The fourth-order valence-corrected chi connectivity index (χ4v) is 5.39. The molecule has 1 aliphatic rings. The van der Waals surface area contributed by atoms with Gasteiger partial charge in [-0.1, -0.05) is 0 Å². The molecule has 1 atom stereocenters. The number of rotatable bonds is 4. The summed E-state index contributed by atoms with van der Waals surface area (Å²) in [5.74, 6) is -1.85. The number of thiophene rings is 1. The van der Waals surface area contributed by atoms with E-state index in [0.29, 0.717) is 29.7 Å². The second kappa shape index (κ2) is 5.15. The Bertz CT molecular complexity index is 664. The predicted molar refractivity (Wildman–Crippen MR) is 72.1 cm³/mol. The zero-order chi connectivity index (χ0) is 15.1. The van der Waals surface area contributed by atoms with E-state index in [1.165, 1.54) is 13.0 Å². The standard InChI is InChI=1S/C11H14N2O5S2/c1-6-5-8(19-9(6)11(15)16)20(17,18)13-4-2-3-7(13)10(12)14/h5,7H,2-4H2,1H3,(H2,12,14)(H,15,16). The summed E-state index contributed by atoms with van der Waals surface area (Å²) >= 11 is 0.694. The lowest BCUT2D eigenvalue weighted by Crippen LogP contribution is -2.43. The number of carboxylic acid groups (broad SMARTS) is 1. The molecule has 0 aromatic carbocycles. The van der Waals surface area contributed by atoms with E-state index in [2.05, 4.69) is 0 Å². The van der Waals surface area contributed by atoms with Gasteiger partial charge in [0.05, 0.1) is 0 Å². The zero-order valence-electron chi connectivity index (χ0n) is 10.7. The molecule has 0 spiro atoms. The summed E-state index contributed by atoms with van der Waals surface area (Å²) in [6.45, 7) is 1.75. The van der Waals surface area contributed by atoms with E-state index < -0.39 is 27.9 Å². The van der Waals surface area contributed by atoms with Crippen LogP contribution in [0.5, 0.6) is 0 Å². The molecule has 1 aromatic rings. The minimum absolute atomic E-state index is 0.0154. The summed E-state index contributed by atoms with van der Waals surface area (Å²) in [7, 11) is -3.88. The van der Waals surface area contributed by atoms with E-state index in [9.17, 15) is 18.0 Å². The minimum atomic E-state index is -3.88. The number of primary amides is 1. The topological polar surface area (TPSA) is 118 Å². The summed E-state index contributed by atoms with van der Waals surface area (Å²) in [4.78, 5) is 22.3. The molecule has 1 aliphatic heterocycles. The number of amides is 1. The SMILES string of the molecule is Cc1cc(S(=O)(=O)N2CCCC2C(N)=O)sc1C(=O)O. The van der Waals surface area contributed by atoms with Gasteiger partial charge in [0.1, 0.15) is 15.1 Å². The Labute approximate surface area is 120 Å². The van der Waals surface area contributed by atoms with Crippen LogP contribution in [0.25, 0.3) is 0 Å². The molecule has 2 heterocycles. The number of carbonyl (C=O) groups is 2. The lowest BCUT2D eigenvalue weighted by atomic mass is 10.2. The summed E-state index contributed by atoms with van der Waals surface area (Å²) in [6.07, 6.45) is 0.952. The smallest absolute Gasteiger partial charge is 0.346 e. The number of nitrogens with two attached hydrogens (primary N) is 1. The molecular formula is C11H14N2O5S2. The molecule has 3 N–H and O–H groups in total. The highest BCUT2D eigenvalue weighted by molar-refractivity contribution is 7.91. The summed E-state index contributed by atoms with van der Waals surface area (Å²) < 4.78 is 25.9. The van der Waals surface area contributed by atoms with Crippen molar-refractivity contribution in [2.24, 2.45) is 5.73 Å². The Hall–Kier alpha value is -1.45. The molecular weight excluding hydrogens is 304 g/mol. The molecule has 1 unspecified atom stereocenters. The fourth-order valence-electron chi connectivity index (χ4n) is 2.22. The number of sulfonamides is 1. The maximum Gasteiger partial charge on any atom is 0.346 e. The van der Waals surface area contributed by atoms with E-state index in [0.717, 1.165) is 4.31 Å². The molecule has 0 bridgehead atoms. The van der Waals surface area contributed by atoms with Gasteiger partial charge in [0, 0.05) is 6.54 Å². The first-order valence-electron chi connectivity index (χ1n) is 5.90. The number of carbonyl (C=O) groups excluding carboxylic acids is 1. The monoisotopic (exact) mass is 318 g/mol. The Morgan fingerprint density at radius 2 is 2.15 bits per heavy atom. The van der Waals surface area contributed by atoms with E-state index >= 15 is 0 Å². The van der Waals surface area contributed by atoms with Gasteiger partial charge in [-0.3, -0.25) is 4.79 Å². The van der Waals surface area contributed by atoms with Gasteiger partial charge in [-0.2, -0.15) is 4.31 Å². The van der Waals surface area contributed by atoms with Crippen LogP contribution in [-0.2, 0) is 14.8 Å². The second-order valence-electron chi connectivity index (χ2n) is 4.56. The normalized spacial score (nSPS) is 20.1. The second-order valence-corrected chi connectivity index (χ2v) is 7.73. The molecule has 0 saturated carbocycles. The van der Waals surface area contributed by atoms with Crippen molar-refractivity contribution in [1.29, 1.82) is 0 Å². The van der Waals surface area contributed by atoms with Crippen molar-refractivity contribution in [3.05, 3.63) is 16.5 Å². The van der Waals surface area contributed by atoms with Gasteiger partial charge in [-0.15, -0.1) is 11.3 Å². The summed E-state index contributed by atoms with van der Waals surface area (Å²) in [5, 5.41) is 8.98. The molecule has 9 heteroatoms. The van der Waals surface area contributed by atoms with E-state index in [4.69, 9.17) is 10.8 Å². The minimum Gasteiger partial charge on any atom is -0.477 e. The molecule has 0 radical (unpaired) electrons. The van der Waals surface area contributed by atoms with Crippen molar-refractivity contribution >= 4 is 33.2 Å². The van der Waals surface area contributed by atoms with Crippen LogP contribution in [0.4, 0.5) is 0 Å². The van der Waals surface area contributed by atoms with Crippen LogP contribution in [0.2, 0.25) is 0 Å². The molecule has 1 aromatic heterocycles. The van der Waals surface area contributed by atoms with Crippen molar-refractivity contribution < 1.29 is 23.1 Å². The zero-order valence-corrected chi connectivity index (χ0v) is 12.3. The first kappa shape index (κ1) is 14.9.